The molecule has 4 rings (SSSR count). The summed E-state index contributed by atoms with van der Waals surface area (Å²) in [4.78, 5) is 0. The summed E-state index contributed by atoms with van der Waals surface area (Å²) in [7, 11) is 1.66. The molecule has 0 aliphatic heterocycles. The van der Waals surface area contributed by atoms with Gasteiger partial charge in [-0.15, -0.1) is 0 Å². The zero-order valence-corrected chi connectivity index (χ0v) is 11.7. The van der Waals surface area contributed by atoms with E-state index in [9.17, 15) is 0 Å². The van der Waals surface area contributed by atoms with Crippen LogP contribution in [0.4, 0.5) is 0 Å². The van der Waals surface area contributed by atoms with E-state index in [0.717, 1.165) is 33.3 Å². The first-order valence-corrected chi connectivity index (χ1v) is 6.91. The smallest absolute Gasteiger partial charge is 0.139 e. The van der Waals surface area contributed by atoms with E-state index in [4.69, 9.17) is 9.15 Å². The Kier molecular flexibility index (Phi) is 2.68. The van der Waals surface area contributed by atoms with Gasteiger partial charge in [0, 0.05) is 16.8 Å². The van der Waals surface area contributed by atoms with Gasteiger partial charge in [-0.1, -0.05) is 36.4 Å². The molecule has 0 radical (unpaired) electrons. The molecule has 1 aromatic heterocycles. The number of fused-ring (bicyclic) bond motifs is 3. The van der Waals surface area contributed by atoms with Crippen LogP contribution in [0.15, 0.2) is 71.1 Å². The van der Waals surface area contributed by atoms with Crippen LogP contribution in [0.3, 0.4) is 0 Å². The predicted molar refractivity (Wildman–Crippen MR) is 85.7 cm³/mol. The van der Waals surface area contributed by atoms with Crippen LogP contribution in [0.2, 0.25) is 0 Å². The SMILES string of the molecule is COc1ccc2c(c1)oc1cc(-c3ccccc3)ccc12. The molecule has 2 heteroatoms. The molecule has 0 aliphatic carbocycles. The minimum Gasteiger partial charge on any atom is -0.497 e. The van der Waals surface area contributed by atoms with Crippen LogP contribution in [0.1, 0.15) is 0 Å². The van der Waals surface area contributed by atoms with Crippen LogP contribution in [0.25, 0.3) is 33.1 Å². The fourth-order valence-electron chi connectivity index (χ4n) is 2.69. The summed E-state index contributed by atoms with van der Waals surface area (Å²) in [6.07, 6.45) is 0. The van der Waals surface area contributed by atoms with E-state index in [1.807, 2.05) is 36.4 Å². The van der Waals surface area contributed by atoms with E-state index >= 15 is 0 Å². The van der Waals surface area contributed by atoms with Crippen molar-refractivity contribution in [3.8, 4) is 16.9 Å². The van der Waals surface area contributed by atoms with Gasteiger partial charge in [-0.2, -0.15) is 0 Å². The highest BCUT2D eigenvalue weighted by molar-refractivity contribution is 6.06. The highest BCUT2D eigenvalue weighted by Gasteiger charge is 2.09. The van der Waals surface area contributed by atoms with Crippen molar-refractivity contribution in [2.24, 2.45) is 0 Å². The first-order chi connectivity index (χ1) is 10.3. The Morgan fingerprint density at radius 1 is 0.714 bits per heavy atom. The molecule has 0 aliphatic rings. The summed E-state index contributed by atoms with van der Waals surface area (Å²) >= 11 is 0. The number of hydrogen-bond donors (Lipinski definition) is 0. The lowest BCUT2D eigenvalue weighted by atomic mass is 10.0. The summed E-state index contributed by atoms with van der Waals surface area (Å²) in [5, 5.41) is 2.25. The van der Waals surface area contributed by atoms with Gasteiger partial charge in [-0.3, -0.25) is 0 Å². The first-order valence-electron chi connectivity index (χ1n) is 6.91. The van der Waals surface area contributed by atoms with E-state index in [0.29, 0.717) is 0 Å². The third-order valence-corrected chi connectivity index (χ3v) is 3.79. The Labute approximate surface area is 122 Å². The van der Waals surface area contributed by atoms with E-state index in [1.165, 1.54) is 5.56 Å². The molecule has 3 aromatic carbocycles. The van der Waals surface area contributed by atoms with Crippen molar-refractivity contribution in [3.05, 3.63) is 66.7 Å². The summed E-state index contributed by atoms with van der Waals surface area (Å²) in [5.74, 6) is 0.810. The molecule has 4 aromatic rings. The van der Waals surface area contributed by atoms with E-state index in [-0.39, 0.29) is 0 Å². The molecule has 0 unspecified atom stereocenters. The molecular formula is C19H14O2. The number of ether oxygens (including phenoxy) is 1. The Bertz CT molecular complexity index is 920. The second-order valence-corrected chi connectivity index (χ2v) is 5.04. The number of hydrogen-bond acceptors (Lipinski definition) is 2. The Morgan fingerprint density at radius 3 is 2.19 bits per heavy atom. The molecule has 21 heavy (non-hydrogen) atoms. The highest BCUT2D eigenvalue weighted by Crippen LogP contribution is 2.33. The van der Waals surface area contributed by atoms with Crippen molar-refractivity contribution < 1.29 is 9.15 Å². The Balaban J connectivity index is 1.94. The molecule has 102 valence electrons. The third-order valence-electron chi connectivity index (χ3n) is 3.79. The number of rotatable bonds is 2. The number of methoxy groups -OCH3 is 1. The molecule has 0 fully saturated rings. The minimum atomic E-state index is 0.810. The lowest BCUT2D eigenvalue weighted by Gasteiger charge is -2.00. The second kappa shape index (κ2) is 4.67. The van der Waals surface area contributed by atoms with Gasteiger partial charge in [0.15, 0.2) is 0 Å². The van der Waals surface area contributed by atoms with Gasteiger partial charge in [0.05, 0.1) is 7.11 Å². The monoisotopic (exact) mass is 274 g/mol. The fraction of sp³-hybridized carbons (Fsp3) is 0.0526. The van der Waals surface area contributed by atoms with Crippen molar-refractivity contribution in [2.45, 2.75) is 0 Å². The van der Waals surface area contributed by atoms with Gasteiger partial charge in [0.2, 0.25) is 0 Å². The van der Waals surface area contributed by atoms with E-state index < -0.39 is 0 Å². The van der Waals surface area contributed by atoms with Crippen LogP contribution in [0, 0.1) is 0 Å². The summed E-state index contributed by atoms with van der Waals surface area (Å²) in [6, 6.07) is 22.6. The Hall–Kier alpha value is -2.74. The van der Waals surface area contributed by atoms with Crippen molar-refractivity contribution in [1.29, 1.82) is 0 Å². The molecule has 1 heterocycles. The minimum absolute atomic E-state index is 0.810. The molecule has 0 bridgehead atoms. The van der Waals surface area contributed by atoms with Crippen LogP contribution >= 0.6 is 0 Å². The van der Waals surface area contributed by atoms with Crippen LogP contribution in [0.5, 0.6) is 5.75 Å². The standard InChI is InChI=1S/C19H14O2/c1-20-15-8-10-17-16-9-7-14(13-5-3-2-4-6-13)11-18(16)21-19(17)12-15/h2-12H,1H3. The fourth-order valence-corrected chi connectivity index (χ4v) is 2.69. The molecule has 0 saturated carbocycles. The molecule has 0 saturated heterocycles. The predicted octanol–water partition coefficient (Wildman–Crippen LogP) is 5.26. The normalized spacial score (nSPS) is 11.1. The van der Waals surface area contributed by atoms with Gasteiger partial charge < -0.3 is 9.15 Å². The summed E-state index contributed by atoms with van der Waals surface area (Å²) in [6.45, 7) is 0. The van der Waals surface area contributed by atoms with Gasteiger partial charge in [0.25, 0.3) is 0 Å². The van der Waals surface area contributed by atoms with Crippen molar-refractivity contribution >= 4 is 21.9 Å². The zero-order valence-electron chi connectivity index (χ0n) is 11.7. The van der Waals surface area contributed by atoms with Gasteiger partial charge in [-0.05, 0) is 35.4 Å². The van der Waals surface area contributed by atoms with E-state index in [2.05, 4.69) is 30.3 Å². The van der Waals surface area contributed by atoms with Gasteiger partial charge >= 0.3 is 0 Å². The lowest BCUT2D eigenvalue weighted by Crippen LogP contribution is -1.80. The van der Waals surface area contributed by atoms with Gasteiger partial charge in [0.1, 0.15) is 16.9 Å². The van der Waals surface area contributed by atoms with E-state index in [1.54, 1.807) is 7.11 Å². The molecule has 0 N–H and O–H groups in total. The highest BCUT2D eigenvalue weighted by atomic mass is 16.5. The molecule has 2 nitrogen and oxygen atoms in total. The molecular weight excluding hydrogens is 260 g/mol. The second-order valence-electron chi connectivity index (χ2n) is 5.04. The molecule has 0 amide bonds. The van der Waals surface area contributed by atoms with Crippen LogP contribution in [-0.2, 0) is 0 Å². The van der Waals surface area contributed by atoms with Crippen molar-refractivity contribution in [1.82, 2.24) is 0 Å². The van der Waals surface area contributed by atoms with Crippen LogP contribution in [-0.4, -0.2) is 7.11 Å². The molecule has 0 atom stereocenters. The molecule has 0 spiro atoms. The van der Waals surface area contributed by atoms with Crippen molar-refractivity contribution in [2.75, 3.05) is 7.11 Å². The quantitative estimate of drug-likeness (QED) is 0.497. The van der Waals surface area contributed by atoms with Crippen LogP contribution < -0.4 is 4.74 Å². The average molecular weight is 274 g/mol. The first kappa shape index (κ1) is 12.0. The number of benzene rings is 3. The van der Waals surface area contributed by atoms with Crippen molar-refractivity contribution in [3.63, 3.8) is 0 Å². The maximum Gasteiger partial charge on any atom is 0.139 e. The maximum atomic E-state index is 5.98. The maximum absolute atomic E-state index is 5.98. The average Bonchev–Trinajstić information content (AvgIpc) is 2.92. The summed E-state index contributed by atoms with van der Waals surface area (Å²) in [5.41, 5.74) is 4.11. The van der Waals surface area contributed by atoms with Gasteiger partial charge in [-0.25, -0.2) is 0 Å². The number of furan rings is 1. The topological polar surface area (TPSA) is 22.4 Å². The zero-order chi connectivity index (χ0) is 14.2. The Morgan fingerprint density at radius 2 is 1.43 bits per heavy atom. The lowest BCUT2D eigenvalue weighted by molar-refractivity contribution is 0.414. The largest absolute Gasteiger partial charge is 0.497 e. The third kappa shape index (κ3) is 1.96. The summed E-state index contributed by atoms with van der Waals surface area (Å²) < 4.78 is 11.2.